The number of carbonyl (C=O) groups excluding carboxylic acids is 3. The summed E-state index contributed by atoms with van der Waals surface area (Å²) in [6.45, 7) is 3.99. The molecule has 6 nitrogen and oxygen atoms in total. The zero-order valence-electron chi connectivity index (χ0n) is 14.2. The maximum Gasteiger partial charge on any atom is 0.307 e. The van der Waals surface area contributed by atoms with Crippen molar-refractivity contribution in [2.45, 2.75) is 27.2 Å². The Morgan fingerprint density at radius 3 is 1.92 bits per heavy atom. The smallest absolute Gasteiger partial charge is 0.307 e. The number of rotatable bonds is 3. The van der Waals surface area contributed by atoms with Crippen molar-refractivity contribution in [3.63, 3.8) is 0 Å². The second-order valence-corrected chi connectivity index (χ2v) is 6.01. The number of allylic oxidation sites excluding steroid dienone is 7. The van der Waals surface area contributed by atoms with E-state index in [2.05, 4.69) is 0 Å². The van der Waals surface area contributed by atoms with Crippen LogP contribution < -0.4 is 0 Å². The molecule has 3 aliphatic rings. The number of esters is 3. The highest BCUT2D eigenvalue weighted by Crippen LogP contribution is 2.48. The Morgan fingerprint density at radius 1 is 0.840 bits per heavy atom. The van der Waals surface area contributed by atoms with Gasteiger partial charge in [-0.05, 0) is 6.08 Å². The third-order valence-corrected chi connectivity index (χ3v) is 4.07. The first-order valence-electron chi connectivity index (χ1n) is 7.95. The summed E-state index contributed by atoms with van der Waals surface area (Å²) in [6.07, 6.45) is 9.47. The van der Waals surface area contributed by atoms with Gasteiger partial charge in [0.25, 0.3) is 0 Å². The summed E-state index contributed by atoms with van der Waals surface area (Å²) < 4.78 is 16.2. The van der Waals surface area contributed by atoms with Crippen molar-refractivity contribution >= 4 is 17.9 Å². The molecule has 0 N–H and O–H groups in total. The monoisotopic (exact) mass is 342 g/mol. The van der Waals surface area contributed by atoms with E-state index in [1.165, 1.54) is 20.8 Å². The zero-order valence-corrected chi connectivity index (χ0v) is 14.2. The van der Waals surface area contributed by atoms with Gasteiger partial charge in [0.1, 0.15) is 17.3 Å². The van der Waals surface area contributed by atoms with Crippen molar-refractivity contribution in [3.8, 4) is 0 Å². The Labute approximate surface area is 145 Å². The molecule has 2 atom stereocenters. The first-order valence-corrected chi connectivity index (χ1v) is 7.95. The quantitative estimate of drug-likeness (QED) is 0.580. The Kier molecular flexibility index (Phi) is 4.44. The van der Waals surface area contributed by atoms with Crippen molar-refractivity contribution in [1.29, 1.82) is 0 Å². The molecular formula is C19H18O6. The topological polar surface area (TPSA) is 78.9 Å². The Hall–Kier alpha value is -2.89. The van der Waals surface area contributed by atoms with E-state index < -0.39 is 17.9 Å². The van der Waals surface area contributed by atoms with Gasteiger partial charge >= 0.3 is 17.9 Å². The molecule has 3 rings (SSSR count). The zero-order chi connectivity index (χ0) is 18.1. The van der Waals surface area contributed by atoms with Crippen molar-refractivity contribution in [2.75, 3.05) is 0 Å². The Morgan fingerprint density at radius 2 is 1.36 bits per heavy atom. The summed E-state index contributed by atoms with van der Waals surface area (Å²) >= 11 is 0. The van der Waals surface area contributed by atoms with Crippen LogP contribution in [0.5, 0.6) is 0 Å². The van der Waals surface area contributed by atoms with Crippen LogP contribution in [0.3, 0.4) is 0 Å². The van der Waals surface area contributed by atoms with Crippen molar-refractivity contribution in [2.24, 2.45) is 11.8 Å². The molecule has 0 fully saturated rings. The van der Waals surface area contributed by atoms with E-state index in [0.717, 1.165) is 0 Å². The van der Waals surface area contributed by atoms with Crippen LogP contribution >= 0.6 is 0 Å². The van der Waals surface area contributed by atoms with Crippen LogP contribution in [0.4, 0.5) is 0 Å². The third kappa shape index (κ3) is 3.33. The molecule has 0 radical (unpaired) electrons. The van der Waals surface area contributed by atoms with E-state index in [1.54, 1.807) is 6.08 Å². The molecule has 0 aliphatic heterocycles. The molecule has 130 valence electrons. The molecule has 0 aromatic rings. The number of hydrogen-bond donors (Lipinski definition) is 0. The normalized spacial score (nSPS) is 23.7. The minimum absolute atomic E-state index is 0.257. The fourth-order valence-corrected chi connectivity index (χ4v) is 3.31. The lowest BCUT2D eigenvalue weighted by molar-refractivity contribution is -0.140. The van der Waals surface area contributed by atoms with Gasteiger partial charge in [-0.15, -0.1) is 0 Å². The van der Waals surface area contributed by atoms with E-state index in [9.17, 15) is 14.4 Å². The number of ether oxygens (including phenoxy) is 3. The van der Waals surface area contributed by atoms with Gasteiger partial charge in [0.15, 0.2) is 0 Å². The van der Waals surface area contributed by atoms with Gasteiger partial charge in [0, 0.05) is 50.2 Å². The second kappa shape index (κ2) is 6.55. The molecule has 0 amide bonds. The van der Waals surface area contributed by atoms with E-state index in [-0.39, 0.29) is 11.8 Å². The van der Waals surface area contributed by atoms with Gasteiger partial charge in [-0.3, -0.25) is 14.4 Å². The standard InChI is InChI=1S/C19H18O6/c1-10(20)23-13-8-16-17(9-13)19(25-12(3)22)15-7-5-4-6-14(15)18(16)24-11(2)21/h4-8,14-15H,9H2,1-3H3. The predicted octanol–water partition coefficient (Wildman–Crippen LogP) is 2.84. The number of carbonyl (C=O) groups is 3. The van der Waals surface area contributed by atoms with Crippen LogP contribution in [0, 0.1) is 11.8 Å². The molecule has 0 spiro atoms. The summed E-state index contributed by atoms with van der Waals surface area (Å²) in [5.41, 5.74) is 1.33. The molecule has 2 unspecified atom stereocenters. The highest BCUT2D eigenvalue weighted by atomic mass is 16.5. The van der Waals surface area contributed by atoms with Crippen LogP contribution in [0.15, 0.2) is 58.8 Å². The van der Waals surface area contributed by atoms with Crippen molar-refractivity contribution < 1.29 is 28.6 Å². The Bertz CT molecular complexity index is 806. The van der Waals surface area contributed by atoms with Crippen LogP contribution in [0.25, 0.3) is 0 Å². The van der Waals surface area contributed by atoms with Gasteiger partial charge in [0.2, 0.25) is 0 Å². The Balaban J connectivity index is 2.15. The fraction of sp³-hybridized carbons (Fsp3) is 0.316. The first kappa shape index (κ1) is 17.0. The molecule has 0 heterocycles. The van der Waals surface area contributed by atoms with Gasteiger partial charge in [-0.25, -0.2) is 0 Å². The summed E-state index contributed by atoms with van der Waals surface area (Å²) in [6, 6.07) is 0. The highest BCUT2D eigenvalue weighted by Gasteiger charge is 2.41. The van der Waals surface area contributed by atoms with Crippen molar-refractivity contribution in [1.82, 2.24) is 0 Å². The lowest BCUT2D eigenvalue weighted by Gasteiger charge is -2.33. The van der Waals surface area contributed by atoms with Crippen LogP contribution in [0.1, 0.15) is 27.2 Å². The first-order chi connectivity index (χ1) is 11.9. The molecule has 0 aromatic heterocycles. The summed E-state index contributed by atoms with van der Waals surface area (Å²) in [7, 11) is 0. The van der Waals surface area contributed by atoms with E-state index in [4.69, 9.17) is 14.2 Å². The molecule has 6 heteroatoms. The van der Waals surface area contributed by atoms with E-state index in [1.807, 2.05) is 24.3 Å². The minimum Gasteiger partial charge on any atom is -0.431 e. The molecule has 0 saturated carbocycles. The molecule has 0 aromatic carbocycles. The second-order valence-electron chi connectivity index (χ2n) is 6.01. The average Bonchev–Trinajstić information content (AvgIpc) is 2.92. The summed E-state index contributed by atoms with van der Waals surface area (Å²) in [5.74, 6) is -0.422. The molecular weight excluding hydrogens is 324 g/mol. The van der Waals surface area contributed by atoms with Gasteiger partial charge in [-0.1, -0.05) is 24.3 Å². The molecule has 25 heavy (non-hydrogen) atoms. The van der Waals surface area contributed by atoms with Crippen LogP contribution in [-0.4, -0.2) is 17.9 Å². The summed E-state index contributed by atoms with van der Waals surface area (Å²) in [5, 5.41) is 0. The molecule has 3 aliphatic carbocycles. The lowest BCUT2D eigenvalue weighted by Crippen LogP contribution is -2.28. The third-order valence-electron chi connectivity index (χ3n) is 4.07. The SMILES string of the molecule is CC(=O)OC1=CC2=C(OC(C)=O)C3C=CC=CC3C(OC(C)=O)=C2C1. The van der Waals surface area contributed by atoms with Crippen molar-refractivity contribution in [3.05, 3.63) is 58.8 Å². The predicted molar refractivity (Wildman–Crippen MR) is 87.3 cm³/mol. The van der Waals surface area contributed by atoms with E-state index >= 15 is 0 Å². The number of hydrogen-bond acceptors (Lipinski definition) is 6. The summed E-state index contributed by atoms with van der Waals surface area (Å²) in [4.78, 5) is 34.5. The molecule has 0 saturated heterocycles. The van der Waals surface area contributed by atoms with Gasteiger partial charge < -0.3 is 14.2 Å². The largest absolute Gasteiger partial charge is 0.431 e. The maximum atomic E-state index is 11.6. The van der Waals surface area contributed by atoms with Gasteiger partial charge in [-0.2, -0.15) is 0 Å². The fourth-order valence-electron chi connectivity index (χ4n) is 3.31. The average molecular weight is 342 g/mol. The maximum absolute atomic E-state index is 11.6. The highest BCUT2D eigenvalue weighted by molar-refractivity contribution is 5.72. The molecule has 0 bridgehead atoms. The lowest BCUT2D eigenvalue weighted by atomic mass is 9.77. The van der Waals surface area contributed by atoms with Crippen LogP contribution in [-0.2, 0) is 28.6 Å². The number of fused-ring (bicyclic) bond motifs is 2. The van der Waals surface area contributed by atoms with Crippen LogP contribution in [0.2, 0.25) is 0 Å². The van der Waals surface area contributed by atoms with Gasteiger partial charge in [0.05, 0.1) is 0 Å². The minimum atomic E-state index is -0.439. The van der Waals surface area contributed by atoms with E-state index in [0.29, 0.717) is 34.8 Å².